The number of ether oxygens (including phenoxy) is 3. The molecule has 5 rings (SSSR count). The molecule has 0 radical (unpaired) electrons. The van der Waals surface area contributed by atoms with Crippen molar-refractivity contribution in [2.45, 2.75) is 75.9 Å². The predicted octanol–water partition coefficient (Wildman–Crippen LogP) is 6.11. The van der Waals surface area contributed by atoms with Crippen molar-refractivity contribution in [1.29, 1.82) is 0 Å². The zero-order valence-corrected chi connectivity index (χ0v) is 24.8. The van der Waals surface area contributed by atoms with Crippen molar-refractivity contribution in [3.63, 3.8) is 0 Å². The molecule has 0 heterocycles. The molecule has 0 aliphatic heterocycles. The highest BCUT2D eigenvalue weighted by molar-refractivity contribution is 5.33. The topological polar surface area (TPSA) is 71.4 Å². The molecule has 5 atom stereocenters. The van der Waals surface area contributed by atoms with Crippen molar-refractivity contribution in [2.24, 2.45) is 0 Å². The van der Waals surface area contributed by atoms with Crippen molar-refractivity contribution >= 4 is 0 Å². The molecule has 226 valence electrons. The second kappa shape index (κ2) is 14.6. The second-order valence-electron chi connectivity index (χ2n) is 11.7. The number of rotatable bonds is 13. The number of methoxy groups -OCH3 is 1. The lowest BCUT2D eigenvalue weighted by Crippen LogP contribution is -2.42. The van der Waals surface area contributed by atoms with E-state index < -0.39 is 18.0 Å². The highest BCUT2D eigenvalue weighted by atomic mass is 19.1. The number of halogens is 1. The van der Waals surface area contributed by atoms with Crippen LogP contribution in [-0.2, 0) is 22.3 Å². The maximum absolute atomic E-state index is 14.6. The molecule has 6 nitrogen and oxygen atoms in total. The fraction of sp³-hybridized carbons (Fsp3) is 0.486. The van der Waals surface area contributed by atoms with Crippen LogP contribution in [0.5, 0.6) is 5.75 Å². The minimum absolute atomic E-state index is 0.0384. The molecule has 0 bridgehead atoms. The predicted molar refractivity (Wildman–Crippen MR) is 161 cm³/mol. The largest absolute Gasteiger partial charge is 0.494 e. The molecule has 3 aromatic rings. The van der Waals surface area contributed by atoms with Gasteiger partial charge >= 0.3 is 0 Å². The van der Waals surface area contributed by atoms with Crippen molar-refractivity contribution in [2.75, 3.05) is 33.4 Å². The van der Waals surface area contributed by atoms with Crippen LogP contribution in [0.4, 0.5) is 4.39 Å². The summed E-state index contributed by atoms with van der Waals surface area (Å²) < 4.78 is 32.2. The average Bonchev–Trinajstić information content (AvgIpc) is 3.02. The third kappa shape index (κ3) is 7.57. The van der Waals surface area contributed by atoms with Crippen molar-refractivity contribution in [3.05, 3.63) is 100 Å². The van der Waals surface area contributed by atoms with E-state index >= 15 is 0 Å². The van der Waals surface area contributed by atoms with Gasteiger partial charge in [-0.15, -0.1) is 0 Å². The van der Waals surface area contributed by atoms with Crippen LogP contribution in [-0.4, -0.2) is 60.7 Å². The lowest BCUT2D eigenvalue weighted by Gasteiger charge is -2.34. The van der Waals surface area contributed by atoms with Gasteiger partial charge in [0.15, 0.2) is 11.6 Å². The van der Waals surface area contributed by atoms with Crippen LogP contribution in [0.25, 0.3) is 0 Å². The number of aliphatic hydroxyl groups is 2. The number of aryl methyl sites for hydroxylation is 2. The first-order chi connectivity index (χ1) is 20.4. The summed E-state index contributed by atoms with van der Waals surface area (Å²) in [6.07, 6.45) is 4.41. The van der Waals surface area contributed by atoms with E-state index in [-0.39, 0.29) is 50.3 Å². The van der Waals surface area contributed by atoms with Gasteiger partial charge in [0.05, 0.1) is 44.7 Å². The number of aliphatic hydroxyl groups excluding tert-OH is 2. The Hall–Kier alpha value is -2.81. The van der Waals surface area contributed by atoms with Crippen LogP contribution in [0.1, 0.15) is 78.7 Å². The fourth-order valence-corrected chi connectivity index (χ4v) is 6.41. The van der Waals surface area contributed by atoms with Crippen molar-refractivity contribution in [1.82, 2.24) is 4.90 Å². The zero-order valence-electron chi connectivity index (χ0n) is 24.8. The maximum Gasteiger partial charge on any atom is 0.165 e. The molecular weight excluding hydrogens is 533 g/mol. The molecule has 42 heavy (non-hydrogen) atoms. The van der Waals surface area contributed by atoms with Crippen LogP contribution >= 0.6 is 0 Å². The molecule has 2 aliphatic carbocycles. The smallest absolute Gasteiger partial charge is 0.165 e. The molecule has 0 amide bonds. The molecule has 0 spiro atoms. The summed E-state index contributed by atoms with van der Waals surface area (Å²) in [7, 11) is 1.44. The van der Waals surface area contributed by atoms with E-state index in [1.165, 1.54) is 35.4 Å². The van der Waals surface area contributed by atoms with Crippen LogP contribution in [0.3, 0.4) is 0 Å². The molecule has 0 unspecified atom stereocenters. The molecule has 2 aliphatic rings. The Balaban J connectivity index is 1.24. The summed E-state index contributed by atoms with van der Waals surface area (Å²) in [6.45, 7) is 2.81. The summed E-state index contributed by atoms with van der Waals surface area (Å²) in [5, 5.41) is 22.2. The van der Waals surface area contributed by atoms with E-state index in [9.17, 15) is 14.6 Å². The van der Waals surface area contributed by atoms with Gasteiger partial charge in [0.2, 0.25) is 0 Å². The SMILES string of the molecule is COc1ccc([C@H](C)N(C[C@H](O)CO[C@@H]2CCCc3ccccc32)C[C@H](O)CO[C@@H]2CCCc3ccccc32)cc1F. The Kier molecular flexibility index (Phi) is 10.6. The summed E-state index contributed by atoms with van der Waals surface area (Å²) in [5.41, 5.74) is 5.75. The molecule has 0 aromatic heterocycles. The Morgan fingerprint density at radius 2 is 1.33 bits per heavy atom. The monoisotopic (exact) mass is 577 g/mol. The minimum atomic E-state index is -0.789. The van der Waals surface area contributed by atoms with Crippen LogP contribution in [0.15, 0.2) is 66.7 Å². The molecule has 2 N–H and O–H groups in total. The van der Waals surface area contributed by atoms with E-state index in [0.29, 0.717) is 0 Å². The first-order valence-corrected chi connectivity index (χ1v) is 15.2. The Morgan fingerprint density at radius 1 is 0.810 bits per heavy atom. The maximum atomic E-state index is 14.6. The van der Waals surface area contributed by atoms with Gasteiger partial charge in [-0.2, -0.15) is 0 Å². The Morgan fingerprint density at radius 3 is 1.83 bits per heavy atom. The lowest BCUT2D eigenvalue weighted by atomic mass is 9.89. The molecule has 7 heteroatoms. The minimum Gasteiger partial charge on any atom is -0.494 e. The molecule has 0 fully saturated rings. The van der Waals surface area contributed by atoms with E-state index in [0.717, 1.165) is 44.1 Å². The van der Waals surface area contributed by atoms with E-state index in [4.69, 9.17) is 14.2 Å². The van der Waals surface area contributed by atoms with E-state index in [2.05, 4.69) is 36.4 Å². The number of nitrogens with zero attached hydrogens (tertiary/aromatic N) is 1. The first-order valence-electron chi connectivity index (χ1n) is 15.2. The van der Waals surface area contributed by atoms with Crippen molar-refractivity contribution in [3.8, 4) is 5.75 Å². The average molecular weight is 578 g/mol. The van der Waals surface area contributed by atoms with Gasteiger partial charge in [0.25, 0.3) is 0 Å². The van der Waals surface area contributed by atoms with Gasteiger partial charge in [0, 0.05) is 19.1 Å². The summed E-state index contributed by atoms with van der Waals surface area (Å²) in [4.78, 5) is 1.98. The Bertz CT molecular complexity index is 1230. The standard InChI is InChI=1S/C35H44FNO5/c1-24(27-17-18-35(40-2)32(36)19-27)37(20-28(38)22-41-33-15-7-11-25-9-3-5-13-30(25)33)21-29(39)23-42-34-16-8-12-26-10-4-6-14-31(26)34/h3-6,9-10,13-14,17-19,24,28-29,33-34,38-39H,7-8,11-12,15-16,20-23H2,1-2H3/t24-,28-,29-,33+,34+/m0/s1. The van der Waals surface area contributed by atoms with E-state index in [1.54, 1.807) is 6.07 Å². The van der Waals surface area contributed by atoms with Crippen molar-refractivity contribution < 1.29 is 28.8 Å². The zero-order chi connectivity index (χ0) is 29.5. The van der Waals surface area contributed by atoms with Crippen LogP contribution in [0, 0.1) is 5.82 Å². The molecule has 0 saturated carbocycles. The van der Waals surface area contributed by atoms with Gasteiger partial charge in [-0.3, -0.25) is 4.90 Å². The van der Waals surface area contributed by atoms with Gasteiger partial charge < -0.3 is 24.4 Å². The summed E-state index contributed by atoms with van der Waals surface area (Å²) >= 11 is 0. The number of benzene rings is 3. The highest BCUT2D eigenvalue weighted by Crippen LogP contribution is 2.34. The van der Waals surface area contributed by atoms with Gasteiger partial charge in [-0.1, -0.05) is 54.6 Å². The van der Waals surface area contributed by atoms with Crippen LogP contribution < -0.4 is 4.74 Å². The first kappa shape index (κ1) is 30.6. The molecule has 0 saturated heterocycles. The summed E-state index contributed by atoms with van der Waals surface area (Å²) in [6, 6.07) is 21.3. The third-order valence-electron chi connectivity index (χ3n) is 8.70. The van der Waals surface area contributed by atoms with Crippen LogP contribution in [0.2, 0.25) is 0 Å². The second-order valence-corrected chi connectivity index (χ2v) is 11.7. The number of hydrogen-bond acceptors (Lipinski definition) is 6. The third-order valence-corrected chi connectivity index (χ3v) is 8.70. The van der Waals surface area contributed by atoms with Gasteiger partial charge in [-0.05, 0) is 85.4 Å². The Labute approximate surface area is 249 Å². The van der Waals surface area contributed by atoms with Gasteiger partial charge in [0.1, 0.15) is 0 Å². The molecular formula is C35H44FNO5. The quantitative estimate of drug-likeness (QED) is 0.256. The number of hydrogen-bond donors (Lipinski definition) is 2. The van der Waals surface area contributed by atoms with Gasteiger partial charge in [-0.25, -0.2) is 4.39 Å². The number of fused-ring (bicyclic) bond motifs is 2. The summed E-state index contributed by atoms with van der Waals surface area (Å²) in [5.74, 6) is -0.263. The molecule has 3 aromatic carbocycles. The highest BCUT2D eigenvalue weighted by Gasteiger charge is 2.27. The fourth-order valence-electron chi connectivity index (χ4n) is 6.41. The lowest BCUT2D eigenvalue weighted by molar-refractivity contribution is -0.0524. The van der Waals surface area contributed by atoms with E-state index in [1.807, 2.05) is 30.0 Å². The normalized spacial score (nSPS) is 20.4.